The number of hydrogen-bond acceptors (Lipinski definition) is 5. The highest BCUT2D eigenvalue weighted by molar-refractivity contribution is 7.18. The third-order valence-corrected chi connectivity index (χ3v) is 8.08. The van der Waals surface area contributed by atoms with Crippen LogP contribution in [-0.2, 0) is 20.8 Å². The number of benzene rings is 1. The fourth-order valence-electron chi connectivity index (χ4n) is 4.69. The Balaban J connectivity index is 1.77. The molecule has 2 atom stereocenters. The first-order chi connectivity index (χ1) is 17.2. The summed E-state index contributed by atoms with van der Waals surface area (Å²) >= 11 is 1.57. The number of nitrogens with one attached hydrogen (secondary N) is 3. The van der Waals surface area contributed by atoms with E-state index in [0.29, 0.717) is 31.2 Å². The zero-order valence-corrected chi connectivity index (χ0v) is 23.2. The molecule has 1 aromatic heterocycles. The highest BCUT2D eigenvalue weighted by Gasteiger charge is 2.30. The molecule has 1 saturated carbocycles. The van der Waals surface area contributed by atoms with Gasteiger partial charge in [-0.15, -0.1) is 11.3 Å². The van der Waals surface area contributed by atoms with Gasteiger partial charge >= 0.3 is 0 Å². The summed E-state index contributed by atoms with van der Waals surface area (Å²) in [5, 5.41) is 9.94. The molecule has 0 aliphatic heterocycles. The quantitative estimate of drug-likeness (QED) is 0.405. The first-order valence-electron chi connectivity index (χ1n) is 13.4. The zero-order valence-electron chi connectivity index (χ0n) is 22.4. The molecule has 1 aliphatic carbocycles. The fourth-order valence-corrected chi connectivity index (χ4v) is 5.75. The number of carbonyl (C=O) groups excluding carboxylic acids is 3. The van der Waals surface area contributed by atoms with Gasteiger partial charge in [0, 0.05) is 31.3 Å². The molecule has 3 rings (SSSR count). The van der Waals surface area contributed by atoms with Gasteiger partial charge in [-0.1, -0.05) is 59.9 Å². The van der Waals surface area contributed by atoms with Gasteiger partial charge in [0.05, 0.1) is 15.2 Å². The molecule has 0 bridgehead atoms. The molecule has 0 radical (unpaired) electrons. The average Bonchev–Trinajstić information content (AvgIpc) is 3.27. The summed E-state index contributed by atoms with van der Waals surface area (Å²) < 4.78 is 1.09. The summed E-state index contributed by atoms with van der Waals surface area (Å²) in [5.41, 5.74) is 2.17. The number of rotatable bonds is 11. The second-order valence-corrected chi connectivity index (χ2v) is 11.7. The van der Waals surface area contributed by atoms with Crippen molar-refractivity contribution in [2.75, 3.05) is 6.54 Å². The third kappa shape index (κ3) is 7.76. The highest BCUT2D eigenvalue weighted by Crippen LogP contribution is 2.28. The largest absolute Gasteiger partial charge is 0.354 e. The van der Waals surface area contributed by atoms with Gasteiger partial charge in [0.2, 0.25) is 17.7 Å². The predicted octanol–water partition coefficient (Wildman–Crippen LogP) is 4.69. The normalized spacial score (nSPS) is 16.2. The Morgan fingerprint density at radius 1 is 1.03 bits per heavy atom. The standard InChI is InChI=1S/C28H42N4O3S/c1-6-25(33)30-22(15-26-31-21-13-12-20(17(2)3)14-24(21)36-26)28(35)32-23(16-29-27(34)18(4)5)19-10-8-7-9-11-19/h12-14,17-19,22-23H,6-11,15-16H2,1-5H3,(H,29,34)(H,30,33)(H,32,35)/t22-,23+/m0/s1. The van der Waals surface area contributed by atoms with Crippen molar-refractivity contribution in [1.82, 2.24) is 20.9 Å². The lowest BCUT2D eigenvalue weighted by atomic mass is 9.83. The van der Waals surface area contributed by atoms with Gasteiger partial charge in [0.15, 0.2) is 0 Å². The van der Waals surface area contributed by atoms with Crippen LogP contribution in [0.1, 0.15) is 89.6 Å². The maximum atomic E-state index is 13.5. The van der Waals surface area contributed by atoms with Crippen molar-refractivity contribution in [2.45, 2.75) is 97.6 Å². The maximum Gasteiger partial charge on any atom is 0.243 e. The smallest absolute Gasteiger partial charge is 0.243 e. The summed E-state index contributed by atoms with van der Waals surface area (Å²) in [6.07, 6.45) is 6.18. The molecule has 2 aromatic rings. The lowest BCUT2D eigenvalue weighted by Crippen LogP contribution is -2.55. The fraction of sp³-hybridized carbons (Fsp3) is 0.643. The summed E-state index contributed by atoms with van der Waals surface area (Å²) in [6.45, 7) is 10.2. The van der Waals surface area contributed by atoms with E-state index in [2.05, 4.69) is 41.9 Å². The van der Waals surface area contributed by atoms with Crippen LogP contribution in [0.4, 0.5) is 0 Å². The topological polar surface area (TPSA) is 100 Å². The Kier molecular flexibility index (Phi) is 10.3. The molecular weight excluding hydrogens is 472 g/mol. The number of amides is 3. The molecule has 0 saturated heterocycles. The van der Waals surface area contributed by atoms with Crippen LogP contribution in [0, 0.1) is 11.8 Å². The van der Waals surface area contributed by atoms with Gasteiger partial charge in [-0.2, -0.15) is 0 Å². The summed E-state index contributed by atoms with van der Waals surface area (Å²) in [4.78, 5) is 42.8. The summed E-state index contributed by atoms with van der Waals surface area (Å²) in [7, 11) is 0. The Hall–Kier alpha value is -2.48. The predicted molar refractivity (Wildman–Crippen MR) is 146 cm³/mol. The Labute approximate surface area is 219 Å². The van der Waals surface area contributed by atoms with Crippen LogP contribution in [-0.4, -0.2) is 41.3 Å². The first-order valence-corrected chi connectivity index (χ1v) is 14.3. The van der Waals surface area contributed by atoms with Gasteiger partial charge in [-0.3, -0.25) is 14.4 Å². The number of thiazole rings is 1. The van der Waals surface area contributed by atoms with E-state index in [4.69, 9.17) is 4.98 Å². The van der Waals surface area contributed by atoms with Crippen LogP contribution in [0.5, 0.6) is 0 Å². The maximum absolute atomic E-state index is 13.5. The molecule has 1 heterocycles. The lowest BCUT2D eigenvalue weighted by molar-refractivity contribution is -0.129. The highest BCUT2D eigenvalue weighted by atomic mass is 32.1. The van der Waals surface area contributed by atoms with Gasteiger partial charge in [0.1, 0.15) is 6.04 Å². The van der Waals surface area contributed by atoms with Crippen LogP contribution in [0.2, 0.25) is 0 Å². The zero-order chi connectivity index (χ0) is 26.2. The number of aromatic nitrogens is 1. The average molecular weight is 515 g/mol. The van der Waals surface area contributed by atoms with Gasteiger partial charge in [-0.05, 0) is 42.4 Å². The minimum atomic E-state index is -0.713. The molecule has 8 heteroatoms. The van der Waals surface area contributed by atoms with Crippen LogP contribution in [0.3, 0.4) is 0 Å². The van der Waals surface area contributed by atoms with Crippen molar-refractivity contribution in [2.24, 2.45) is 11.8 Å². The molecule has 3 N–H and O–H groups in total. The molecule has 198 valence electrons. The molecule has 1 fully saturated rings. The third-order valence-electron chi connectivity index (χ3n) is 7.04. The van der Waals surface area contributed by atoms with E-state index >= 15 is 0 Å². The molecule has 36 heavy (non-hydrogen) atoms. The second kappa shape index (κ2) is 13.2. The molecule has 1 aliphatic rings. The number of nitrogens with zero attached hydrogens (tertiary/aromatic N) is 1. The van der Waals surface area contributed by atoms with E-state index in [9.17, 15) is 14.4 Å². The lowest BCUT2D eigenvalue weighted by Gasteiger charge is -2.32. The Morgan fingerprint density at radius 3 is 2.39 bits per heavy atom. The van der Waals surface area contributed by atoms with Gasteiger partial charge < -0.3 is 16.0 Å². The molecule has 3 amide bonds. The second-order valence-electron chi connectivity index (χ2n) is 10.6. The van der Waals surface area contributed by atoms with E-state index in [-0.39, 0.29) is 29.7 Å². The minimum Gasteiger partial charge on any atom is -0.354 e. The summed E-state index contributed by atoms with van der Waals surface area (Å²) in [5.74, 6) is 0.231. The van der Waals surface area contributed by atoms with E-state index in [0.717, 1.165) is 40.9 Å². The molecule has 0 spiro atoms. The first kappa shape index (κ1) is 28.1. The minimum absolute atomic E-state index is 0.0175. The van der Waals surface area contributed by atoms with Crippen molar-refractivity contribution in [3.05, 3.63) is 28.8 Å². The van der Waals surface area contributed by atoms with Crippen LogP contribution < -0.4 is 16.0 Å². The van der Waals surface area contributed by atoms with Crippen molar-refractivity contribution >= 4 is 39.3 Å². The SMILES string of the molecule is CCC(=O)N[C@@H](Cc1nc2ccc(C(C)C)cc2s1)C(=O)N[C@H](CNC(=O)C(C)C)C1CCCCC1. The Morgan fingerprint density at radius 2 is 1.75 bits per heavy atom. The monoisotopic (exact) mass is 514 g/mol. The van der Waals surface area contributed by atoms with E-state index in [1.165, 1.54) is 12.0 Å². The number of fused-ring (bicyclic) bond motifs is 1. The summed E-state index contributed by atoms with van der Waals surface area (Å²) in [6, 6.07) is 5.41. The number of carbonyl (C=O) groups is 3. The van der Waals surface area contributed by atoms with E-state index in [1.807, 2.05) is 19.9 Å². The van der Waals surface area contributed by atoms with Crippen LogP contribution in [0.25, 0.3) is 10.2 Å². The molecular formula is C28H42N4O3S. The van der Waals surface area contributed by atoms with Crippen LogP contribution in [0.15, 0.2) is 18.2 Å². The molecule has 7 nitrogen and oxygen atoms in total. The molecule has 1 aromatic carbocycles. The van der Waals surface area contributed by atoms with Crippen molar-refractivity contribution in [1.29, 1.82) is 0 Å². The van der Waals surface area contributed by atoms with Crippen molar-refractivity contribution < 1.29 is 14.4 Å². The van der Waals surface area contributed by atoms with Crippen LogP contribution >= 0.6 is 11.3 Å². The van der Waals surface area contributed by atoms with Gasteiger partial charge in [-0.25, -0.2) is 4.98 Å². The number of hydrogen-bond donors (Lipinski definition) is 3. The van der Waals surface area contributed by atoms with E-state index < -0.39 is 6.04 Å². The van der Waals surface area contributed by atoms with Crippen molar-refractivity contribution in [3.8, 4) is 0 Å². The van der Waals surface area contributed by atoms with Gasteiger partial charge in [0.25, 0.3) is 0 Å². The van der Waals surface area contributed by atoms with Crippen molar-refractivity contribution in [3.63, 3.8) is 0 Å². The Bertz CT molecular complexity index is 1040. The van der Waals surface area contributed by atoms with E-state index in [1.54, 1.807) is 18.3 Å². The molecule has 0 unspecified atom stereocenters.